The minimum absolute atomic E-state index is 0.0173. The van der Waals surface area contributed by atoms with Crippen molar-refractivity contribution in [3.8, 4) is 0 Å². The maximum absolute atomic E-state index is 13.1. The molecule has 0 bridgehead atoms. The predicted molar refractivity (Wildman–Crippen MR) is 88.5 cm³/mol. The predicted octanol–water partition coefficient (Wildman–Crippen LogP) is 3.67. The molecule has 124 valence electrons. The van der Waals surface area contributed by atoms with Crippen LogP contribution in [-0.4, -0.2) is 34.0 Å². The fraction of sp³-hybridized carbons (Fsp3) is 0.579. The van der Waals surface area contributed by atoms with E-state index in [1.54, 1.807) is 12.1 Å². The van der Waals surface area contributed by atoms with Gasteiger partial charge in [0, 0.05) is 11.6 Å². The zero-order chi connectivity index (χ0) is 16.6. The summed E-state index contributed by atoms with van der Waals surface area (Å²) in [5, 5.41) is 9.87. The fourth-order valence-electron chi connectivity index (χ4n) is 4.34. The number of carbonyl (C=O) groups excluding carboxylic acids is 1. The number of benzene rings is 1. The van der Waals surface area contributed by atoms with Gasteiger partial charge in [-0.15, -0.1) is 0 Å². The quantitative estimate of drug-likeness (QED) is 0.926. The molecule has 2 aliphatic rings. The van der Waals surface area contributed by atoms with E-state index in [4.69, 9.17) is 0 Å². The molecule has 1 aliphatic carbocycles. The van der Waals surface area contributed by atoms with Crippen molar-refractivity contribution in [1.82, 2.24) is 4.90 Å². The van der Waals surface area contributed by atoms with Crippen molar-refractivity contribution in [1.29, 1.82) is 0 Å². The Bertz CT molecular complexity index is 604. The second-order valence-electron chi connectivity index (χ2n) is 7.14. The fourth-order valence-corrected chi connectivity index (χ4v) is 4.34. The van der Waals surface area contributed by atoms with Crippen LogP contribution in [0, 0.1) is 5.92 Å². The maximum atomic E-state index is 13.1. The maximum Gasteiger partial charge on any atom is 0.313 e. The standard InChI is InChI=1S/C19H25NO3/c1-12(2)17-16(19(22)23)14-10-6-7-11-15(14)18(21)20(17)13-8-4-3-5-9-13/h6-7,10-13,16-17H,3-5,8-9H2,1-2H3,(H,22,23). The van der Waals surface area contributed by atoms with E-state index in [1.165, 1.54) is 6.42 Å². The number of carboxylic acids is 1. The third-order valence-electron chi connectivity index (χ3n) is 5.34. The van der Waals surface area contributed by atoms with E-state index in [-0.39, 0.29) is 23.9 Å². The largest absolute Gasteiger partial charge is 0.481 e. The first kappa shape index (κ1) is 16.0. The summed E-state index contributed by atoms with van der Waals surface area (Å²) >= 11 is 0. The number of hydrogen-bond acceptors (Lipinski definition) is 2. The highest BCUT2D eigenvalue weighted by atomic mass is 16.4. The van der Waals surface area contributed by atoms with E-state index in [0.29, 0.717) is 11.1 Å². The van der Waals surface area contributed by atoms with E-state index < -0.39 is 11.9 Å². The summed E-state index contributed by atoms with van der Waals surface area (Å²) in [6.45, 7) is 4.05. The molecule has 23 heavy (non-hydrogen) atoms. The normalized spacial score (nSPS) is 25.5. The highest BCUT2D eigenvalue weighted by molar-refractivity contribution is 6.00. The van der Waals surface area contributed by atoms with Crippen LogP contribution in [0.5, 0.6) is 0 Å². The van der Waals surface area contributed by atoms with Crippen molar-refractivity contribution in [2.24, 2.45) is 5.92 Å². The van der Waals surface area contributed by atoms with Crippen LogP contribution in [0.3, 0.4) is 0 Å². The Morgan fingerprint density at radius 3 is 2.43 bits per heavy atom. The lowest BCUT2D eigenvalue weighted by atomic mass is 9.76. The first-order valence-electron chi connectivity index (χ1n) is 8.66. The number of carbonyl (C=O) groups is 2. The molecule has 4 heteroatoms. The number of hydrogen-bond donors (Lipinski definition) is 1. The Hall–Kier alpha value is -1.84. The molecule has 1 heterocycles. The Morgan fingerprint density at radius 1 is 1.17 bits per heavy atom. The van der Waals surface area contributed by atoms with Crippen LogP contribution in [-0.2, 0) is 4.79 Å². The molecular weight excluding hydrogens is 290 g/mol. The van der Waals surface area contributed by atoms with Gasteiger partial charge in [-0.05, 0) is 30.4 Å². The average Bonchev–Trinajstić information content (AvgIpc) is 2.55. The molecule has 1 amide bonds. The molecule has 0 saturated heterocycles. The smallest absolute Gasteiger partial charge is 0.313 e. The van der Waals surface area contributed by atoms with Crippen molar-refractivity contribution >= 4 is 11.9 Å². The molecule has 1 saturated carbocycles. The topological polar surface area (TPSA) is 57.6 Å². The van der Waals surface area contributed by atoms with Gasteiger partial charge in [-0.3, -0.25) is 9.59 Å². The van der Waals surface area contributed by atoms with E-state index in [0.717, 1.165) is 25.7 Å². The van der Waals surface area contributed by atoms with Gasteiger partial charge in [0.05, 0.1) is 6.04 Å². The highest BCUT2D eigenvalue weighted by Crippen LogP contribution is 2.40. The van der Waals surface area contributed by atoms with E-state index >= 15 is 0 Å². The summed E-state index contributed by atoms with van der Waals surface area (Å²) < 4.78 is 0. The van der Waals surface area contributed by atoms with Crippen LogP contribution >= 0.6 is 0 Å². The average molecular weight is 315 g/mol. The Labute approximate surface area is 137 Å². The summed E-state index contributed by atoms with van der Waals surface area (Å²) in [6, 6.07) is 7.15. The number of rotatable bonds is 3. The molecule has 3 rings (SSSR count). The van der Waals surface area contributed by atoms with Gasteiger partial charge >= 0.3 is 5.97 Å². The van der Waals surface area contributed by atoms with Gasteiger partial charge in [-0.2, -0.15) is 0 Å². The minimum atomic E-state index is -0.829. The summed E-state index contributed by atoms with van der Waals surface area (Å²) in [5.41, 5.74) is 1.25. The molecular formula is C19H25NO3. The van der Waals surface area contributed by atoms with Crippen molar-refractivity contribution in [3.63, 3.8) is 0 Å². The lowest BCUT2D eigenvalue weighted by Crippen LogP contribution is -2.57. The zero-order valence-corrected chi connectivity index (χ0v) is 13.9. The van der Waals surface area contributed by atoms with Crippen LogP contribution in [0.15, 0.2) is 24.3 Å². The second-order valence-corrected chi connectivity index (χ2v) is 7.14. The Kier molecular flexibility index (Phi) is 4.42. The number of aliphatic carboxylic acids is 1. The molecule has 1 aromatic rings. The molecule has 2 atom stereocenters. The second kappa shape index (κ2) is 6.34. The molecule has 0 spiro atoms. The van der Waals surface area contributed by atoms with Crippen LogP contribution in [0.25, 0.3) is 0 Å². The van der Waals surface area contributed by atoms with Gasteiger partial charge in [-0.1, -0.05) is 51.3 Å². The van der Waals surface area contributed by atoms with Crippen molar-refractivity contribution in [3.05, 3.63) is 35.4 Å². The van der Waals surface area contributed by atoms with Crippen LogP contribution < -0.4 is 0 Å². The Morgan fingerprint density at radius 2 is 1.83 bits per heavy atom. The van der Waals surface area contributed by atoms with E-state index in [1.807, 2.05) is 30.9 Å². The van der Waals surface area contributed by atoms with Crippen molar-refractivity contribution in [2.75, 3.05) is 0 Å². The molecule has 4 nitrogen and oxygen atoms in total. The van der Waals surface area contributed by atoms with Gasteiger partial charge in [0.15, 0.2) is 0 Å². The monoisotopic (exact) mass is 315 g/mol. The molecule has 0 radical (unpaired) electrons. The summed E-state index contributed by atoms with van der Waals surface area (Å²) in [6.07, 6.45) is 5.44. The van der Waals surface area contributed by atoms with Gasteiger partial charge in [0.1, 0.15) is 5.92 Å². The van der Waals surface area contributed by atoms with Crippen LogP contribution in [0.2, 0.25) is 0 Å². The van der Waals surface area contributed by atoms with E-state index in [2.05, 4.69) is 0 Å². The molecule has 1 fully saturated rings. The minimum Gasteiger partial charge on any atom is -0.481 e. The van der Waals surface area contributed by atoms with Gasteiger partial charge < -0.3 is 10.0 Å². The van der Waals surface area contributed by atoms with Crippen molar-refractivity contribution < 1.29 is 14.7 Å². The zero-order valence-electron chi connectivity index (χ0n) is 13.9. The Balaban J connectivity index is 2.10. The molecule has 1 N–H and O–H groups in total. The third-order valence-corrected chi connectivity index (χ3v) is 5.34. The molecule has 2 unspecified atom stereocenters. The lowest BCUT2D eigenvalue weighted by Gasteiger charge is -2.47. The molecule has 0 aromatic heterocycles. The summed E-state index contributed by atoms with van der Waals surface area (Å²) in [4.78, 5) is 27.1. The van der Waals surface area contributed by atoms with Gasteiger partial charge in [0.25, 0.3) is 5.91 Å². The number of fused-ring (bicyclic) bond motifs is 1. The summed E-state index contributed by atoms with van der Waals surface area (Å²) in [7, 11) is 0. The van der Waals surface area contributed by atoms with Gasteiger partial charge in [0.2, 0.25) is 0 Å². The van der Waals surface area contributed by atoms with Crippen LogP contribution in [0.1, 0.15) is 67.8 Å². The van der Waals surface area contributed by atoms with Crippen molar-refractivity contribution in [2.45, 2.75) is 64.0 Å². The lowest BCUT2D eigenvalue weighted by molar-refractivity contribution is -0.141. The molecule has 1 aromatic carbocycles. The number of carboxylic acid groups (broad SMARTS) is 1. The first-order valence-corrected chi connectivity index (χ1v) is 8.66. The number of amides is 1. The molecule has 1 aliphatic heterocycles. The van der Waals surface area contributed by atoms with Crippen LogP contribution in [0.4, 0.5) is 0 Å². The third kappa shape index (κ3) is 2.75. The summed E-state index contributed by atoms with van der Waals surface area (Å²) in [5.74, 6) is -1.34. The SMILES string of the molecule is CC(C)C1C(C(=O)O)c2ccccc2C(=O)N1C1CCCCC1. The highest BCUT2D eigenvalue weighted by Gasteiger charge is 2.47. The van der Waals surface area contributed by atoms with Gasteiger partial charge in [-0.25, -0.2) is 0 Å². The van der Waals surface area contributed by atoms with E-state index in [9.17, 15) is 14.7 Å². The first-order chi connectivity index (χ1) is 11.0. The number of nitrogens with zero attached hydrogens (tertiary/aromatic N) is 1.